The van der Waals surface area contributed by atoms with E-state index in [4.69, 9.17) is 0 Å². The average Bonchev–Trinajstić information content (AvgIpc) is 3.01. The van der Waals surface area contributed by atoms with Gasteiger partial charge in [-0.25, -0.2) is 4.39 Å². The summed E-state index contributed by atoms with van der Waals surface area (Å²) in [5, 5.41) is 0. The van der Waals surface area contributed by atoms with Crippen molar-refractivity contribution < 1.29 is 14.0 Å². The molecule has 6 heteroatoms. The Hall–Kier alpha value is -2.99. The summed E-state index contributed by atoms with van der Waals surface area (Å²) >= 11 is 0. The molecule has 3 heterocycles. The number of carbonyl (C=O) groups is 2. The van der Waals surface area contributed by atoms with E-state index in [1.54, 1.807) is 11.0 Å². The van der Waals surface area contributed by atoms with Crippen LogP contribution in [0.2, 0.25) is 0 Å². The SMILES string of the molecule is Cc1ccc2c3c1C(=O)C(=O)N3C(C)(C)C=C2CN1CCN(c2ccccc2F)CC1. The minimum Gasteiger partial charge on any atom is -0.367 e. The van der Waals surface area contributed by atoms with E-state index in [1.165, 1.54) is 6.07 Å². The summed E-state index contributed by atoms with van der Waals surface area (Å²) in [7, 11) is 0. The van der Waals surface area contributed by atoms with Gasteiger partial charge in [0.1, 0.15) is 5.82 Å². The van der Waals surface area contributed by atoms with Crippen LogP contribution in [0.3, 0.4) is 0 Å². The third-order valence-corrected chi connectivity index (χ3v) is 6.64. The second-order valence-corrected chi connectivity index (χ2v) is 9.16. The second-order valence-electron chi connectivity index (χ2n) is 9.16. The zero-order valence-electron chi connectivity index (χ0n) is 18.1. The lowest BCUT2D eigenvalue weighted by Crippen LogP contribution is -2.50. The van der Waals surface area contributed by atoms with Crippen LogP contribution in [-0.2, 0) is 4.79 Å². The smallest absolute Gasteiger partial charge is 0.300 e. The number of rotatable bonds is 3. The molecule has 2 aromatic carbocycles. The summed E-state index contributed by atoms with van der Waals surface area (Å²) in [6.45, 7) is 9.74. The number of Topliss-reactive ketones (excluding diaryl/α,β-unsaturated/α-hetero) is 1. The lowest BCUT2D eigenvalue weighted by Gasteiger charge is -2.41. The maximum atomic E-state index is 14.1. The van der Waals surface area contributed by atoms with Crippen molar-refractivity contribution in [1.29, 1.82) is 0 Å². The molecule has 0 N–H and O–H groups in total. The number of carbonyl (C=O) groups excluding carboxylic acids is 2. The van der Waals surface area contributed by atoms with E-state index in [-0.39, 0.29) is 5.82 Å². The highest BCUT2D eigenvalue weighted by Crippen LogP contribution is 2.46. The topological polar surface area (TPSA) is 43.9 Å². The van der Waals surface area contributed by atoms with Crippen molar-refractivity contribution in [2.45, 2.75) is 26.3 Å². The highest BCUT2D eigenvalue weighted by Gasteiger charge is 2.47. The third kappa shape index (κ3) is 3.08. The molecule has 5 rings (SSSR count). The average molecular weight is 420 g/mol. The van der Waals surface area contributed by atoms with Crippen molar-refractivity contribution in [2.24, 2.45) is 0 Å². The third-order valence-electron chi connectivity index (χ3n) is 6.64. The number of nitrogens with zero attached hydrogens (tertiary/aromatic N) is 3. The van der Waals surface area contributed by atoms with Gasteiger partial charge in [0.25, 0.3) is 11.7 Å². The van der Waals surface area contributed by atoms with Gasteiger partial charge < -0.3 is 4.90 Å². The number of para-hydroxylation sites is 1. The van der Waals surface area contributed by atoms with Crippen LogP contribution >= 0.6 is 0 Å². The molecule has 2 aromatic rings. The van der Waals surface area contributed by atoms with E-state index >= 15 is 0 Å². The molecule has 0 radical (unpaired) electrons. The van der Waals surface area contributed by atoms with Crippen LogP contribution in [-0.4, -0.2) is 54.9 Å². The number of hydrogen-bond donors (Lipinski definition) is 0. The number of benzene rings is 2. The summed E-state index contributed by atoms with van der Waals surface area (Å²) < 4.78 is 14.1. The molecule has 3 aliphatic rings. The first kappa shape index (κ1) is 19.9. The minimum absolute atomic E-state index is 0.183. The Bertz CT molecular complexity index is 1130. The Kier molecular flexibility index (Phi) is 4.52. The van der Waals surface area contributed by atoms with E-state index in [0.29, 0.717) is 11.3 Å². The van der Waals surface area contributed by atoms with E-state index in [1.807, 2.05) is 45.0 Å². The van der Waals surface area contributed by atoms with Gasteiger partial charge in [0.2, 0.25) is 0 Å². The Morgan fingerprint density at radius 3 is 2.42 bits per heavy atom. The van der Waals surface area contributed by atoms with Crippen molar-refractivity contribution in [3.63, 3.8) is 0 Å². The van der Waals surface area contributed by atoms with Gasteiger partial charge in [-0.1, -0.05) is 30.3 Å². The maximum absolute atomic E-state index is 14.1. The molecule has 1 amide bonds. The summed E-state index contributed by atoms with van der Waals surface area (Å²) in [6, 6.07) is 10.9. The van der Waals surface area contributed by atoms with Gasteiger partial charge in [0.05, 0.1) is 22.5 Å². The number of aryl methyl sites for hydroxylation is 1. The summed E-state index contributed by atoms with van der Waals surface area (Å²) in [6.07, 6.45) is 2.12. The fourth-order valence-electron chi connectivity index (χ4n) is 5.13. The second kappa shape index (κ2) is 7.02. The van der Waals surface area contributed by atoms with Crippen LogP contribution < -0.4 is 9.80 Å². The lowest BCUT2D eigenvalue weighted by atomic mass is 9.87. The summed E-state index contributed by atoms with van der Waals surface area (Å²) in [4.78, 5) is 31.5. The van der Waals surface area contributed by atoms with Crippen LogP contribution in [0, 0.1) is 12.7 Å². The molecule has 5 nitrogen and oxygen atoms in total. The Morgan fingerprint density at radius 1 is 1.00 bits per heavy atom. The first-order valence-electron chi connectivity index (χ1n) is 10.7. The number of anilines is 2. The number of amides is 1. The van der Waals surface area contributed by atoms with Crippen molar-refractivity contribution in [2.75, 3.05) is 42.5 Å². The van der Waals surface area contributed by atoms with Gasteiger partial charge >= 0.3 is 0 Å². The zero-order valence-corrected chi connectivity index (χ0v) is 18.1. The predicted octanol–water partition coefficient (Wildman–Crippen LogP) is 3.66. The van der Waals surface area contributed by atoms with Gasteiger partial charge in [-0.15, -0.1) is 0 Å². The molecule has 1 saturated heterocycles. The molecule has 0 bridgehead atoms. The minimum atomic E-state index is -0.566. The highest BCUT2D eigenvalue weighted by atomic mass is 19.1. The van der Waals surface area contributed by atoms with Gasteiger partial charge in [0.15, 0.2) is 0 Å². The fraction of sp³-hybridized carbons (Fsp3) is 0.360. The molecule has 3 aliphatic heterocycles. The maximum Gasteiger partial charge on any atom is 0.300 e. The van der Waals surface area contributed by atoms with Crippen molar-refractivity contribution in [1.82, 2.24) is 4.90 Å². The zero-order chi connectivity index (χ0) is 21.9. The quantitative estimate of drug-likeness (QED) is 0.713. The van der Waals surface area contributed by atoms with Gasteiger partial charge in [-0.3, -0.25) is 19.4 Å². The van der Waals surface area contributed by atoms with Crippen LogP contribution in [0.4, 0.5) is 15.8 Å². The van der Waals surface area contributed by atoms with E-state index < -0.39 is 17.2 Å². The van der Waals surface area contributed by atoms with Crippen molar-refractivity contribution in [3.05, 3.63) is 65.0 Å². The molecule has 0 unspecified atom stereocenters. The van der Waals surface area contributed by atoms with Crippen LogP contribution in [0.15, 0.2) is 42.5 Å². The molecule has 0 aliphatic carbocycles. The van der Waals surface area contributed by atoms with Crippen molar-refractivity contribution in [3.8, 4) is 0 Å². The molecule has 31 heavy (non-hydrogen) atoms. The monoisotopic (exact) mass is 419 g/mol. The molecule has 0 aromatic heterocycles. The van der Waals surface area contributed by atoms with Crippen molar-refractivity contribution >= 4 is 28.6 Å². The largest absolute Gasteiger partial charge is 0.367 e. The Morgan fingerprint density at radius 2 is 1.71 bits per heavy atom. The van der Waals surface area contributed by atoms with Crippen LogP contribution in [0.25, 0.3) is 5.57 Å². The lowest BCUT2D eigenvalue weighted by molar-refractivity contribution is -0.115. The van der Waals surface area contributed by atoms with Gasteiger partial charge in [-0.2, -0.15) is 0 Å². The Labute approximate surface area is 181 Å². The number of piperazine rings is 1. The first-order chi connectivity index (χ1) is 14.8. The van der Waals surface area contributed by atoms with E-state index in [0.717, 1.165) is 55.1 Å². The molecule has 0 spiro atoms. The van der Waals surface area contributed by atoms with E-state index in [9.17, 15) is 14.0 Å². The molecule has 1 fully saturated rings. The van der Waals surface area contributed by atoms with Gasteiger partial charge in [0, 0.05) is 38.3 Å². The van der Waals surface area contributed by atoms with Gasteiger partial charge in [-0.05, 0) is 44.0 Å². The molecular weight excluding hydrogens is 393 g/mol. The predicted molar refractivity (Wildman–Crippen MR) is 120 cm³/mol. The molecule has 0 atom stereocenters. The number of hydrogen-bond acceptors (Lipinski definition) is 4. The first-order valence-corrected chi connectivity index (χ1v) is 10.7. The summed E-state index contributed by atoms with van der Waals surface area (Å²) in [5.74, 6) is -1.03. The molecule has 160 valence electrons. The Balaban J connectivity index is 1.40. The summed E-state index contributed by atoms with van der Waals surface area (Å²) in [5.41, 5.74) is 4.35. The normalized spacial score (nSPS) is 20.2. The van der Waals surface area contributed by atoms with Crippen LogP contribution in [0.5, 0.6) is 0 Å². The fourth-order valence-corrected chi connectivity index (χ4v) is 5.13. The molecule has 0 saturated carbocycles. The standard InChI is InChI=1S/C25H26FN3O2/c1-16-8-9-18-17(14-25(2,3)29-22(18)21(16)23(30)24(29)31)15-27-10-12-28(13-11-27)20-7-5-4-6-19(20)26/h4-9,14H,10-13,15H2,1-3H3. The van der Waals surface area contributed by atoms with E-state index in [2.05, 4.69) is 15.9 Å². The highest BCUT2D eigenvalue weighted by molar-refractivity contribution is 6.53. The van der Waals surface area contributed by atoms with Crippen LogP contribution in [0.1, 0.15) is 35.3 Å². The number of halogens is 1. The number of ketones is 1. The molecular formula is C25H26FN3O2.